The number of rotatable bonds is 4. The van der Waals surface area contributed by atoms with Gasteiger partial charge in [-0.25, -0.2) is 4.79 Å². The summed E-state index contributed by atoms with van der Waals surface area (Å²) >= 11 is 0. The van der Waals surface area contributed by atoms with Crippen molar-refractivity contribution in [2.24, 2.45) is 5.73 Å². The number of hydrogen-bond donors (Lipinski definition) is 1. The van der Waals surface area contributed by atoms with E-state index in [0.29, 0.717) is 0 Å². The zero-order valence-corrected chi connectivity index (χ0v) is 9.88. The largest absolute Gasteiger partial charge is 0.449 e. The van der Waals surface area contributed by atoms with Gasteiger partial charge in [-0.1, -0.05) is 6.07 Å². The molecule has 0 saturated carbocycles. The predicted octanol–water partition coefficient (Wildman–Crippen LogP) is 0.934. The van der Waals surface area contributed by atoms with Crippen molar-refractivity contribution in [3.05, 3.63) is 39.4 Å². The molecular formula is C11H12N2O5. The summed E-state index contributed by atoms with van der Waals surface area (Å²) in [7, 11) is 0. The van der Waals surface area contributed by atoms with Gasteiger partial charge in [0.25, 0.3) is 11.6 Å². The van der Waals surface area contributed by atoms with E-state index in [-0.39, 0.29) is 16.8 Å². The van der Waals surface area contributed by atoms with E-state index in [2.05, 4.69) is 0 Å². The van der Waals surface area contributed by atoms with Crippen LogP contribution in [0.1, 0.15) is 22.8 Å². The average molecular weight is 252 g/mol. The molecule has 1 aromatic carbocycles. The summed E-state index contributed by atoms with van der Waals surface area (Å²) in [5.74, 6) is -1.60. The van der Waals surface area contributed by atoms with Gasteiger partial charge in [0, 0.05) is 11.6 Å². The molecular weight excluding hydrogens is 240 g/mol. The van der Waals surface area contributed by atoms with E-state index in [1.165, 1.54) is 32.0 Å². The van der Waals surface area contributed by atoms with Crippen LogP contribution in [0.15, 0.2) is 18.2 Å². The Morgan fingerprint density at radius 3 is 2.56 bits per heavy atom. The van der Waals surface area contributed by atoms with Crippen LogP contribution in [0.3, 0.4) is 0 Å². The average Bonchev–Trinajstić information content (AvgIpc) is 2.28. The van der Waals surface area contributed by atoms with Crippen molar-refractivity contribution in [2.75, 3.05) is 0 Å². The highest BCUT2D eigenvalue weighted by molar-refractivity contribution is 5.94. The Morgan fingerprint density at radius 1 is 1.44 bits per heavy atom. The molecule has 7 nitrogen and oxygen atoms in total. The lowest BCUT2D eigenvalue weighted by Gasteiger charge is -2.10. The van der Waals surface area contributed by atoms with Crippen LogP contribution in [0.5, 0.6) is 0 Å². The normalized spacial score (nSPS) is 11.7. The van der Waals surface area contributed by atoms with Gasteiger partial charge in [0.15, 0.2) is 6.10 Å². The van der Waals surface area contributed by atoms with Crippen molar-refractivity contribution in [1.82, 2.24) is 0 Å². The first kappa shape index (κ1) is 13.6. The zero-order chi connectivity index (χ0) is 13.9. The SMILES string of the molecule is Cc1c(C(=O)O[C@@H](C)C(N)=O)cccc1[N+](=O)[O-]. The molecule has 0 heterocycles. The van der Waals surface area contributed by atoms with Gasteiger partial charge in [-0.2, -0.15) is 0 Å². The highest BCUT2D eigenvalue weighted by atomic mass is 16.6. The summed E-state index contributed by atoms with van der Waals surface area (Å²) in [6.45, 7) is 2.76. The molecule has 1 aromatic rings. The molecule has 1 rings (SSSR count). The number of primary amides is 1. The highest BCUT2D eigenvalue weighted by Gasteiger charge is 2.21. The van der Waals surface area contributed by atoms with Crippen LogP contribution in [-0.4, -0.2) is 22.9 Å². The summed E-state index contributed by atoms with van der Waals surface area (Å²) in [6.07, 6.45) is -1.09. The lowest BCUT2D eigenvalue weighted by molar-refractivity contribution is -0.385. The summed E-state index contributed by atoms with van der Waals surface area (Å²) in [5, 5.41) is 10.7. The van der Waals surface area contributed by atoms with Crippen LogP contribution in [0.4, 0.5) is 5.69 Å². The summed E-state index contributed by atoms with van der Waals surface area (Å²) in [5.41, 5.74) is 4.99. The van der Waals surface area contributed by atoms with Gasteiger partial charge in [0.2, 0.25) is 0 Å². The van der Waals surface area contributed by atoms with Gasteiger partial charge < -0.3 is 10.5 Å². The minimum atomic E-state index is -1.09. The first-order valence-corrected chi connectivity index (χ1v) is 5.09. The molecule has 0 saturated heterocycles. The molecule has 18 heavy (non-hydrogen) atoms. The Morgan fingerprint density at radius 2 is 2.06 bits per heavy atom. The number of benzene rings is 1. The van der Waals surface area contributed by atoms with E-state index in [1.807, 2.05) is 0 Å². The molecule has 0 unspecified atom stereocenters. The first-order valence-electron chi connectivity index (χ1n) is 5.09. The molecule has 96 valence electrons. The van der Waals surface area contributed by atoms with Crippen LogP contribution in [0.25, 0.3) is 0 Å². The quantitative estimate of drug-likeness (QED) is 0.486. The fraction of sp³-hybridized carbons (Fsp3) is 0.273. The molecule has 0 bridgehead atoms. The second-order valence-electron chi connectivity index (χ2n) is 3.66. The minimum absolute atomic E-state index is 0.0392. The molecule has 2 N–H and O–H groups in total. The fourth-order valence-electron chi connectivity index (χ4n) is 1.32. The monoisotopic (exact) mass is 252 g/mol. The Labute approximate surface area is 103 Å². The molecule has 0 spiro atoms. The topological polar surface area (TPSA) is 113 Å². The molecule has 1 amide bonds. The Balaban J connectivity index is 3.04. The maximum absolute atomic E-state index is 11.7. The van der Waals surface area contributed by atoms with Crippen molar-refractivity contribution < 1.29 is 19.2 Å². The van der Waals surface area contributed by atoms with Crippen molar-refractivity contribution >= 4 is 17.6 Å². The third kappa shape index (κ3) is 2.82. The lowest BCUT2D eigenvalue weighted by Crippen LogP contribution is -2.30. The number of carbonyl (C=O) groups is 2. The molecule has 0 fully saturated rings. The maximum Gasteiger partial charge on any atom is 0.339 e. The zero-order valence-electron chi connectivity index (χ0n) is 9.88. The van der Waals surface area contributed by atoms with E-state index in [9.17, 15) is 19.7 Å². The Kier molecular flexibility index (Phi) is 3.98. The smallest absolute Gasteiger partial charge is 0.339 e. The van der Waals surface area contributed by atoms with Gasteiger partial charge in [-0.3, -0.25) is 14.9 Å². The number of esters is 1. The van der Waals surface area contributed by atoms with E-state index in [0.717, 1.165) is 0 Å². The predicted molar refractivity (Wildman–Crippen MR) is 61.9 cm³/mol. The number of nitro benzene ring substituents is 1. The third-order valence-electron chi connectivity index (χ3n) is 2.41. The van der Waals surface area contributed by atoms with Gasteiger partial charge in [0.1, 0.15) is 0 Å². The van der Waals surface area contributed by atoms with Crippen LogP contribution in [0.2, 0.25) is 0 Å². The molecule has 0 aliphatic rings. The fourth-order valence-corrected chi connectivity index (χ4v) is 1.32. The number of ether oxygens (including phenoxy) is 1. The van der Waals surface area contributed by atoms with E-state index >= 15 is 0 Å². The highest BCUT2D eigenvalue weighted by Crippen LogP contribution is 2.21. The third-order valence-corrected chi connectivity index (χ3v) is 2.41. The minimum Gasteiger partial charge on any atom is -0.449 e. The number of nitro groups is 1. The number of hydrogen-bond acceptors (Lipinski definition) is 5. The van der Waals surface area contributed by atoms with E-state index in [1.54, 1.807) is 0 Å². The molecule has 0 radical (unpaired) electrons. The number of amides is 1. The van der Waals surface area contributed by atoms with E-state index < -0.39 is 22.9 Å². The molecule has 7 heteroatoms. The second-order valence-corrected chi connectivity index (χ2v) is 3.66. The standard InChI is InChI=1S/C11H12N2O5/c1-6-8(4-3-5-9(6)13(16)17)11(15)18-7(2)10(12)14/h3-5,7H,1-2H3,(H2,12,14)/t7-/m0/s1. The molecule has 0 aliphatic carbocycles. The van der Waals surface area contributed by atoms with Gasteiger partial charge in [-0.15, -0.1) is 0 Å². The number of nitrogens with zero attached hydrogens (tertiary/aromatic N) is 1. The summed E-state index contributed by atoms with van der Waals surface area (Å²) in [4.78, 5) is 32.6. The molecule has 1 atom stereocenters. The van der Waals surface area contributed by atoms with Crippen molar-refractivity contribution in [2.45, 2.75) is 20.0 Å². The first-order chi connectivity index (χ1) is 8.34. The van der Waals surface area contributed by atoms with Crippen molar-refractivity contribution in [3.63, 3.8) is 0 Å². The lowest BCUT2D eigenvalue weighted by atomic mass is 10.1. The molecule has 0 aromatic heterocycles. The second kappa shape index (κ2) is 5.26. The summed E-state index contributed by atoms with van der Waals surface area (Å²) < 4.78 is 4.78. The maximum atomic E-state index is 11.7. The van der Waals surface area contributed by atoms with Crippen molar-refractivity contribution in [1.29, 1.82) is 0 Å². The van der Waals surface area contributed by atoms with Gasteiger partial charge in [-0.05, 0) is 19.9 Å². The van der Waals surface area contributed by atoms with Crippen LogP contribution < -0.4 is 5.73 Å². The Bertz CT molecular complexity index is 512. The summed E-state index contributed by atoms with van der Waals surface area (Å²) in [6, 6.07) is 4.04. The Hall–Kier alpha value is -2.44. The van der Waals surface area contributed by atoms with Crippen molar-refractivity contribution in [3.8, 4) is 0 Å². The van der Waals surface area contributed by atoms with Crippen LogP contribution >= 0.6 is 0 Å². The molecule has 0 aliphatic heterocycles. The van der Waals surface area contributed by atoms with Gasteiger partial charge >= 0.3 is 5.97 Å². The van der Waals surface area contributed by atoms with Crippen LogP contribution in [-0.2, 0) is 9.53 Å². The van der Waals surface area contributed by atoms with Crippen LogP contribution in [0, 0.1) is 17.0 Å². The number of nitrogens with two attached hydrogens (primary N) is 1. The van der Waals surface area contributed by atoms with Gasteiger partial charge in [0.05, 0.1) is 10.5 Å². The van der Waals surface area contributed by atoms with E-state index in [4.69, 9.17) is 10.5 Å². The number of carbonyl (C=O) groups excluding carboxylic acids is 2.